The summed E-state index contributed by atoms with van der Waals surface area (Å²) in [6.45, 7) is 0. The predicted molar refractivity (Wildman–Crippen MR) is 40.9 cm³/mol. The Morgan fingerprint density at radius 2 is 1.33 bits per heavy atom. The maximum absolute atomic E-state index is 8.74. The summed E-state index contributed by atoms with van der Waals surface area (Å²) in [6, 6.07) is 5.72. The first-order valence-corrected chi connectivity index (χ1v) is 3.95. The van der Waals surface area contributed by atoms with Gasteiger partial charge in [0.05, 0.1) is 0 Å². The van der Waals surface area contributed by atoms with Gasteiger partial charge in [0.15, 0.2) is 0 Å². The standard InChI is InChI=1S/C5H5N.FH.H2O4S/c1-2-4-6-5-3-1;;1-5(2,3)4/h1-5H;1H;(H2,1,2,3,4). The summed E-state index contributed by atoms with van der Waals surface area (Å²) < 4.78 is 31.6. The Balaban J connectivity index is 0. The van der Waals surface area contributed by atoms with Crippen molar-refractivity contribution in [1.82, 2.24) is 4.98 Å². The highest BCUT2D eigenvalue weighted by Gasteiger charge is 1.84. The van der Waals surface area contributed by atoms with Gasteiger partial charge in [0.1, 0.15) is 0 Å². The van der Waals surface area contributed by atoms with Gasteiger partial charge in [0, 0.05) is 12.4 Å². The van der Waals surface area contributed by atoms with Crippen LogP contribution in [-0.4, -0.2) is 22.5 Å². The second-order valence-corrected chi connectivity index (χ2v) is 2.37. The fraction of sp³-hybridized carbons (Fsp3) is 0. The van der Waals surface area contributed by atoms with Gasteiger partial charge in [-0.15, -0.1) is 0 Å². The van der Waals surface area contributed by atoms with Gasteiger partial charge in [-0.05, 0) is 12.1 Å². The molecule has 0 saturated heterocycles. The van der Waals surface area contributed by atoms with Crippen molar-refractivity contribution >= 4 is 10.4 Å². The van der Waals surface area contributed by atoms with Crippen molar-refractivity contribution in [2.24, 2.45) is 0 Å². The van der Waals surface area contributed by atoms with Crippen LogP contribution in [-0.2, 0) is 10.4 Å². The molecular formula is C5H8FNO4S. The molecule has 0 unspecified atom stereocenters. The molecule has 1 heterocycles. The number of hydrogen-bond donors (Lipinski definition) is 2. The highest BCUT2D eigenvalue weighted by Crippen LogP contribution is 1.73. The van der Waals surface area contributed by atoms with Crippen molar-refractivity contribution in [3.8, 4) is 0 Å². The van der Waals surface area contributed by atoms with E-state index in [4.69, 9.17) is 17.5 Å². The second kappa shape index (κ2) is 6.65. The molecule has 0 amide bonds. The number of pyridine rings is 1. The summed E-state index contributed by atoms with van der Waals surface area (Å²) >= 11 is 0. The van der Waals surface area contributed by atoms with E-state index in [2.05, 4.69) is 4.98 Å². The van der Waals surface area contributed by atoms with Gasteiger partial charge in [-0.3, -0.25) is 18.8 Å². The monoisotopic (exact) mass is 197 g/mol. The summed E-state index contributed by atoms with van der Waals surface area (Å²) in [6.07, 6.45) is 3.50. The van der Waals surface area contributed by atoms with Gasteiger partial charge in [0.25, 0.3) is 0 Å². The lowest BCUT2D eigenvalue weighted by Gasteiger charge is -1.70. The summed E-state index contributed by atoms with van der Waals surface area (Å²) in [5.74, 6) is 0. The summed E-state index contributed by atoms with van der Waals surface area (Å²) in [5, 5.41) is 0. The quantitative estimate of drug-likeness (QED) is 0.594. The highest BCUT2D eigenvalue weighted by atomic mass is 32.3. The molecule has 0 aromatic carbocycles. The average molecular weight is 197 g/mol. The molecule has 7 heteroatoms. The van der Waals surface area contributed by atoms with Crippen LogP contribution in [0.4, 0.5) is 4.70 Å². The Morgan fingerprint density at radius 3 is 1.42 bits per heavy atom. The number of halogens is 1. The second-order valence-electron chi connectivity index (χ2n) is 1.47. The molecule has 0 saturated carbocycles. The third kappa shape index (κ3) is 23.1. The molecule has 1 aromatic rings. The van der Waals surface area contributed by atoms with E-state index in [-0.39, 0.29) is 4.70 Å². The van der Waals surface area contributed by atoms with Gasteiger partial charge in [-0.1, -0.05) is 6.07 Å². The molecule has 0 atom stereocenters. The highest BCUT2D eigenvalue weighted by molar-refractivity contribution is 7.79. The first-order valence-electron chi connectivity index (χ1n) is 2.55. The van der Waals surface area contributed by atoms with E-state index in [1.54, 1.807) is 12.4 Å². The summed E-state index contributed by atoms with van der Waals surface area (Å²) in [5.41, 5.74) is 0. The zero-order valence-corrected chi connectivity index (χ0v) is 6.68. The Morgan fingerprint density at radius 1 is 1.00 bits per heavy atom. The van der Waals surface area contributed by atoms with Gasteiger partial charge < -0.3 is 0 Å². The number of rotatable bonds is 0. The number of hydrogen-bond acceptors (Lipinski definition) is 3. The number of nitrogens with zero attached hydrogens (tertiary/aromatic N) is 1. The van der Waals surface area contributed by atoms with Gasteiger partial charge in [-0.2, -0.15) is 8.42 Å². The van der Waals surface area contributed by atoms with Crippen LogP contribution in [0.15, 0.2) is 30.6 Å². The SMILES string of the molecule is F.O=S(=O)(O)O.c1ccncc1. The van der Waals surface area contributed by atoms with E-state index >= 15 is 0 Å². The van der Waals surface area contributed by atoms with Crippen LogP contribution in [0.1, 0.15) is 0 Å². The van der Waals surface area contributed by atoms with Crippen LogP contribution in [0, 0.1) is 0 Å². The zero-order chi connectivity index (χ0) is 8.74. The van der Waals surface area contributed by atoms with Crippen molar-refractivity contribution in [2.75, 3.05) is 0 Å². The summed E-state index contributed by atoms with van der Waals surface area (Å²) in [7, 11) is -4.67. The van der Waals surface area contributed by atoms with Gasteiger partial charge in [0.2, 0.25) is 0 Å². The van der Waals surface area contributed by atoms with Crippen LogP contribution >= 0.6 is 0 Å². The van der Waals surface area contributed by atoms with Gasteiger partial charge in [-0.25, -0.2) is 0 Å². The molecule has 0 aliphatic rings. The first-order chi connectivity index (χ1) is 5.00. The molecule has 5 nitrogen and oxygen atoms in total. The third-order valence-electron chi connectivity index (χ3n) is 0.566. The molecule has 0 spiro atoms. The Kier molecular flexibility index (Phi) is 7.50. The van der Waals surface area contributed by atoms with E-state index in [0.717, 1.165) is 0 Å². The molecule has 0 aliphatic heterocycles. The predicted octanol–water partition coefficient (Wildman–Crippen LogP) is 0.581. The van der Waals surface area contributed by atoms with Crippen molar-refractivity contribution in [1.29, 1.82) is 0 Å². The molecule has 0 bridgehead atoms. The molecule has 1 rings (SSSR count). The Bertz CT molecular complexity index is 240. The van der Waals surface area contributed by atoms with Crippen molar-refractivity contribution < 1.29 is 22.2 Å². The molecule has 70 valence electrons. The Hall–Kier alpha value is -1.05. The lowest BCUT2D eigenvalue weighted by molar-refractivity contribution is 0.381. The third-order valence-corrected chi connectivity index (χ3v) is 0.566. The minimum absolute atomic E-state index is 0. The van der Waals surface area contributed by atoms with E-state index < -0.39 is 10.4 Å². The molecular weight excluding hydrogens is 189 g/mol. The maximum atomic E-state index is 8.74. The average Bonchev–Trinajstić information content (AvgIpc) is 1.88. The van der Waals surface area contributed by atoms with Crippen LogP contribution in [0.2, 0.25) is 0 Å². The minimum Gasteiger partial charge on any atom is -0.269 e. The molecule has 12 heavy (non-hydrogen) atoms. The van der Waals surface area contributed by atoms with Crippen LogP contribution in [0.25, 0.3) is 0 Å². The topological polar surface area (TPSA) is 87.5 Å². The molecule has 0 aliphatic carbocycles. The summed E-state index contributed by atoms with van der Waals surface area (Å²) in [4.78, 5) is 3.78. The fourth-order valence-corrected chi connectivity index (χ4v) is 0.313. The van der Waals surface area contributed by atoms with Crippen molar-refractivity contribution in [3.63, 3.8) is 0 Å². The van der Waals surface area contributed by atoms with Crippen molar-refractivity contribution in [3.05, 3.63) is 30.6 Å². The normalized spacial score (nSPS) is 8.83. The Labute approximate surface area is 69.0 Å². The maximum Gasteiger partial charge on any atom is 0.394 e. The van der Waals surface area contributed by atoms with E-state index in [1.807, 2.05) is 18.2 Å². The smallest absolute Gasteiger partial charge is 0.269 e. The fourth-order valence-electron chi connectivity index (χ4n) is 0.313. The largest absolute Gasteiger partial charge is 0.394 e. The van der Waals surface area contributed by atoms with Crippen LogP contribution < -0.4 is 0 Å². The van der Waals surface area contributed by atoms with E-state index in [1.165, 1.54) is 0 Å². The molecule has 1 aromatic heterocycles. The molecule has 2 N–H and O–H groups in total. The van der Waals surface area contributed by atoms with Crippen LogP contribution in [0.3, 0.4) is 0 Å². The first kappa shape index (κ1) is 13.5. The molecule has 0 fully saturated rings. The number of aromatic nitrogens is 1. The molecule has 0 radical (unpaired) electrons. The minimum atomic E-state index is -4.67. The van der Waals surface area contributed by atoms with E-state index in [9.17, 15) is 0 Å². The van der Waals surface area contributed by atoms with Crippen molar-refractivity contribution in [2.45, 2.75) is 0 Å². The lowest BCUT2D eigenvalue weighted by Crippen LogP contribution is -1.89. The van der Waals surface area contributed by atoms with Gasteiger partial charge >= 0.3 is 10.4 Å². The van der Waals surface area contributed by atoms with Crippen LogP contribution in [0.5, 0.6) is 0 Å². The lowest BCUT2D eigenvalue weighted by atomic mass is 10.5. The zero-order valence-electron chi connectivity index (χ0n) is 5.86. The van der Waals surface area contributed by atoms with E-state index in [0.29, 0.717) is 0 Å².